The van der Waals surface area contributed by atoms with E-state index in [1.807, 2.05) is 6.21 Å². The summed E-state index contributed by atoms with van der Waals surface area (Å²) in [5.74, 6) is 0.949. The minimum atomic E-state index is 0.139. The monoisotopic (exact) mass is 497 g/mol. The number of ether oxygens (including phenoxy) is 2. The van der Waals surface area contributed by atoms with Gasteiger partial charge < -0.3 is 14.3 Å². The third-order valence-corrected chi connectivity index (χ3v) is 5.04. The van der Waals surface area contributed by atoms with Gasteiger partial charge >= 0.3 is 0 Å². The molecule has 0 atom stereocenters. The van der Waals surface area contributed by atoms with Crippen LogP contribution in [0.25, 0.3) is 0 Å². The number of oxime groups is 1. The summed E-state index contributed by atoms with van der Waals surface area (Å²) in [7, 11) is 0. The van der Waals surface area contributed by atoms with Crippen LogP contribution < -0.4 is 9.47 Å². The summed E-state index contributed by atoms with van der Waals surface area (Å²) < 4.78 is 11.3. The first kappa shape index (κ1) is 27.2. The lowest BCUT2D eigenvalue weighted by Gasteiger charge is -2.12. The highest BCUT2D eigenvalue weighted by Crippen LogP contribution is 2.37. The maximum Gasteiger partial charge on any atom is 0.156 e. The molecule has 0 spiro atoms. The summed E-state index contributed by atoms with van der Waals surface area (Å²) in [4.78, 5) is 5.27. The van der Waals surface area contributed by atoms with Crippen LogP contribution in [0.2, 0.25) is 10.0 Å². The smallest absolute Gasteiger partial charge is 0.156 e. The molecular formula is C22H31Cl4NO3. The van der Waals surface area contributed by atoms with Gasteiger partial charge in [0.1, 0.15) is 23.5 Å². The number of hydrogen-bond donors (Lipinski definition) is 0. The fourth-order valence-corrected chi connectivity index (χ4v) is 3.28. The molecule has 0 bridgehead atoms. The third-order valence-electron chi connectivity index (χ3n) is 4.17. The Labute approximate surface area is 200 Å². The molecule has 1 rings (SSSR count). The second-order valence-corrected chi connectivity index (χ2v) is 8.58. The molecule has 30 heavy (non-hydrogen) atoms. The Bertz CT molecular complexity index is 626. The van der Waals surface area contributed by atoms with Crippen LogP contribution in [0.5, 0.6) is 11.5 Å². The zero-order valence-electron chi connectivity index (χ0n) is 17.5. The first-order valence-electron chi connectivity index (χ1n) is 10.4. The topological polar surface area (TPSA) is 40.0 Å². The van der Waals surface area contributed by atoms with Gasteiger partial charge in [-0.3, -0.25) is 0 Å². The standard InChI is InChI=1S/C22H31Cl4NO3/c1-2-3-4-5-6-7-8-12-27-30-14-10-9-13-29-22-19(23)16-18(17-20(22)24)28-15-11-21(25)26/h11-12,16-17H,2-10,13-15H2,1H3/b27-12+. The molecule has 0 unspecified atom stereocenters. The Hall–Kier alpha value is -0.810. The molecule has 0 aromatic heterocycles. The fraction of sp³-hybridized carbons (Fsp3) is 0.591. The normalized spacial score (nSPS) is 11.0. The van der Waals surface area contributed by atoms with Crippen molar-refractivity contribution in [1.29, 1.82) is 0 Å². The number of halogens is 4. The maximum atomic E-state index is 6.23. The Morgan fingerprint density at radius 1 is 0.900 bits per heavy atom. The van der Waals surface area contributed by atoms with Crippen molar-refractivity contribution in [3.8, 4) is 11.5 Å². The second-order valence-electron chi connectivity index (χ2n) is 6.75. The molecule has 1 aromatic carbocycles. The van der Waals surface area contributed by atoms with Crippen molar-refractivity contribution < 1.29 is 14.3 Å². The van der Waals surface area contributed by atoms with Crippen molar-refractivity contribution in [1.82, 2.24) is 0 Å². The molecule has 1 aromatic rings. The Morgan fingerprint density at radius 2 is 1.57 bits per heavy atom. The predicted octanol–water partition coefficient (Wildman–Crippen LogP) is 8.60. The lowest BCUT2D eigenvalue weighted by molar-refractivity contribution is 0.136. The molecule has 0 fully saturated rings. The second kappa shape index (κ2) is 17.8. The minimum absolute atomic E-state index is 0.139. The van der Waals surface area contributed by atoms with Gasteiger partial charge in [0.25, 0.3) is 0 Å². The van der Waals surface area contributed by atoms with E-state index in [0.29, 0.717) is 34.8 Å². The molecule has 0 amide bonds. The van der Waals surface area contributed by atoms with E-state index in [2.05, 4.69) is 12.1 Å². The number of benzene rings is 1. The van der Waals surface area contributed by atoms with E-state index in [-0.39, 0.29) is 11.1 Å². The van der Waals surface area contributed by atoms with E-state index >= 15 is 0 Å². The third kappa shape index (κ3) is 13.5. The average Bonchev–Trinajstić information content (AvgIpc) is 2.69. The Morgan fingerprint density at radius 3 is 2.27 bits per heavy atom. The van der Waals surface area contributed by atoms with Gasteiger partial charge in [-0.05, 0) is 31.8 Å². The van der Waals surface area contributed by atoms with Crippen LogP contribution in [0.1, 0.15) is 64.7 Å². The summed E-state index contributed by atoms with van der Waals surface area (Å²) in [5, 5.41) is 4.76. The molecule has 8 heteroatoms. The van der Waals surface area contributed by atoms with Gasteiger partial charge in [0, 0.05) is 18.3 Å². The van der Waals surface area contributed by atoms with Crippen molar-refractivity contribution in [2.75, 3.05) is 19.8 Å². The summed E-state index contributed by atoms with van der Waals surface area (Å²) in [6, 6.07) is 3.28. The van der Waals surface area contributed by atoms with Crippen molar-refractivity contribution in [3.63, 3.8) is 0 Å². The molecule has 170 valence electrons. The van der Waals surface area contributed by atoms with Crippen LogP contribution in [-0.2, 0) is 4.84 Å². The first-order valence-corrected chi connectivity index (χ1v) is 11.9. The fourth-order valence-electron chi connectivity index (χ4n) is 2.58. The van der Waals surface area contributed by atoms with Crippen LogP contribution in [0.4, 0.5) is 0 Å². The van der Waals surface area contributed by atoms with Crippen LogP contribution in [0.15, 0.2) is 27.9 Å². The molecule has 0 aliphatic carbocycles. The van der Waals surface area contributed by atoms with Crippen LogP contribution in [-0.4, -0.2) is 26.0 Å². The van der Waals surface area contributed by atoms with E-state index in [1.165, 1.54) is 44.6 Å². The number of unbranched alkanes of at least 4 members (excludes halogenated alkanes) is 7. The molecule has 0 radical (unpaired) electrons. The first-order chi connectivity index (χ1) is 14.5. The van der Waals surface area contributed by atoms with Gasteiger partial charge in [0.2, 0.25) is 0 Å². The zero-order valence-corrected chi connectivity index (χ0v) is 20.5. The highest BCUT2D eigenvalue weighted by Gasteiger charge is 2.10. The number of nitrogens with zero attached hydrogens (tertiary/aromatic N) is 1. The number of rotatable bonds is 17. The summed E-state index contributed by atoms with van der Waals surface area (Å²) in [6.07, 6.45) is 13.7. The van der Waals surface area contributed by atoms with E-state index in [9.17, 15) is 0 Å². The molecule has 0 heterocycles. The van der Waals surface area contributed by atoms with Crippen LogP contribution in [0.3, 0.4) is 0 Å². The van der Waals surface area contributed by atoms with Crippen molar-refractivity contribution >= 4 is 52.6 Å². The van der Waals surface area contributed by atoms with E-state index in [0.717, 1.165) is 19.3 Å². The van der Waals surface area contributed by atoms with Gasteiger partial charge in [-0.15, -0.1) is 0 Å². The predicted molar refractivity (Wildman–Crippen MR) is 129 cm³/mol. The largest absolute Gasteiger partial charge is 0.490 e. The molecule has 0 aliphatic rings. The van der Waals surface area contributed by atoms with E-state index < -0.39 is 0 Å². The Kier molecular flexibility index (Phi) is 16.2. The Balaban J connectivity index is 2.13. The van der Waals surface area contributed by atoms with Crippen molar-refractivity contribution in [2.24, 2.45) is 5.16 Å². The highest BCUT2D eigenvalue weighted by atomic mass is 35.5. The van der Waals surface area contributed by atoms with Gasteiger partial charge in [-0.25, -0.2) is 0 Å². The van der Waals surface area contributed by atoms with Crippen LogP contribution in [0, 0.1) is 0 Å². The van der Waals surface area contributed by atoms with Gasteiger partial charge in [0.05, 0.1) is 16.7 Å². The molecule has 4 nitrogen and oxygen atoms in total. The van der Waals surface area contributed by atoms with Gasteiger partial charge in [-0.2, -0.15) is 0 Å². The van der Waals surface area contributed by atoms with Gasteiger partial charge in [-0.1, -0.05) is 90.6 Å². The minimum Gasteiger partial charge on any atom is -0.490 e. The summed E-state index contributed by atoms with van der Waals surface area (Å²) in [5.41, 5.74) is 0. The van der Waals surface area contributed by atoms with E-state index in [1.54, 1.807) is 12.1 Å². The molecule has 0 saturated carbocycles. The van der Waals surface area contributed by atoms with Crippen molar-refractivity contribution in [2.45, 2.75) is 64.7 Å². The molecular weight excluding hydrogens is 468 g/mol. The van der Waals surface area contributed by atoms with Gasteiger partial charge in [0.15, 0.2) is 5.75 Å². The quantitative estimate of drug-likeness (QED) is 0.122. The molecule has 0 aliphatic heterocycles. The van der Waals surface area contributed by atoms with Crippen molar-refractivity contribution in [3.05, 3.63) is 32.7 Å². The summed E-state index contributed by atoms with van der Waals surface area (Å²) in [6.45, 7) is 3.49. The zero-order chi connectivity index (χ0) is 22.0. The highest BCUT2D eigenvalue weighted by molar-refractivity contribution is 6.55. The summed E-state index contributed by atoms with van der Waals surface area (Å²) >= 11 is 23.5. The SMILES string of the molecule is CCCCCCCC/C=N/OCCCCOc1c(Cl)cc(OCC=C(Cl)Cl)cc1Cl. The van der Waals surface area contributed by atoms with Crippen LogP contribution >= 0.6 is 46.4 Å². The number of hydrogen-bond acceptors (Lipinski definition) is 4. The molecule has 0 N–H and O–H groups in total. The average molecular weight is 499 g/mol. The van der Waals surface area contributed by atoms with E-state index in [4.69, 9.17) is 60.7 Å². The lowest BCUT2D eigenvalue weighted by atomic mass is 10.1. The molecule has 0 saturated heterocycles. The lowest BCUT2D eigenvalue weighted by Crippen LogP contribution is -2.01. The maximum absolute atomic E-state index is 6.23.